The van der Waals surface area contributed by atoms with Gasteiger partial charge in [-0.3, -0.25) is 4.99 Å². The van der Waals surface area contributed by atoms with Crippen LogP contribution in [0.5, 0.6) is 0 Å². The van der Waals surface area contributed by atoms with Crippen molar-refractivity contribution in [2.75, 3.05) is 0 Å². The predicted molar refractivity (Wildman–Crippen MR) is 224 cm³/mol. The number of rotatable bonds is 4. The molecule has 1 aliphatic heterocycles. The van der Waals surface area contributed by atoms with Crippen molar-refractivity contribution >= 4 is 43.9 Å². The summed E-state index contributed by atoms with van der Waals surface area (Å²) in [6.45, 7) is 9.34. The Morgan fingerprint density at radius 1 is 0.491 bits per heavy atom. The van der Waals surface area contributed by atoms with Crippen LogP contribution in [0.2, 0.25) is 0 Å². The van der Waals surface area contributed by atoms with E-state index in [1.807, 2.05) is 0 Å². The molecule has 2 nitrogen and oxygen atoms in total. The SMILES string of the molecule is C=C1CC(c2ccccc2)=NC(c2cccc(-c3ccc4c(c3)C(C)(C)c3ccccc3-4)c2)=NC1c1ccc2c3ccccc3c3ccccc3c2c1. The van der Waals surface area contributed by atoms with Gasteiger partial charge in [-0.2, -0.15) is 0 Å². The highest BCUT2D eigenvalue weighted by molar-refractivity contribution is 6.25. The maximum atomic E-state index is 5.49. The quantitative estimate of drug-likeness (QED) is 0.131. The fraction of sp³-hybridized carbons (Fsp3) is 0.0980. The van der Waals surface area contributed by atoms with Crippen LogP contribution in [0, 0.1) is 0 Å². The Morgan fingerprint density at radius 2 is 1.08 bits per heavy atom. The molecular weight excluding hydrogens is 641 g/mol. The summed E-state index contributed by atoms with van der Waals surface area (Å²) in [6.07, 6.45) is 0.637. The molecule has 0 bridgehead atoms. The zero-order chi connectivity index (χ0) is 35.7. The van der Waals surface area contributed by atoms with Crippen molar-refractivity contribution in [3.63, 3.8) is 0 Å². The average Bonchev–Trinajstić information content (AvgIpc) is 3.31. The molecule has 0 saturated heterocycles. The second kappa shape index (κ2) is 12.1. The van der Waals surface area contributed by atoms with Crippen molar-refractivity contribution in [3.8, 4) is 22.3 Å². The van der Waals surface area contributed by atoms with Crippen molar-refractivity contribution in [1.29, 1.82) is 0 Å². The molecule has 53 heavy (non-hydrogen) atoms. The van der Waals surface area contributed by atoms with E-state index in [1.165, 1.54) is 60.1 Å². The van der Waals surface area contributed by atoms with E-state index >= 15 is 0 Å². The highest BCUT2D eigenvalue weighted by Crippen LogP contribution is 2.49. The Bertz CT molecular complexity index is 2820. The zero-order valence-electron chi connectivity index (χ0n) is 30.0. The summed E-state index contributed by atoms with van der Waals surface area (Å²) in [5.41, 5.74) is 12.9. The van der Waals surface area contributed by atoms with Gasteiger partial charge in [-0.05, 0) is 101 Å². The smallest absolute Gasteiger partial charge is 0.155 e. The summed E-state index contributed by atoms with van der Waals surface area (Å²) in [7, 11) is 0. The minimum absolute atomic E-state index is 0.0646. The first-order chi connectivity index (χ1) is 25.9. The van der Waals surface area contributed by atoms with Crippen LogP contribution in [0.25, 0.3) is 54.6 Å². The second-order valence-corrected chi connectivity index (χ2v) is 15.0. The Labute approximate surface area is 310 Å². The Kier molecular flexibility index (Phi) is 7.16. The molecular formula is C51H38N2. The van der Waals surface area contributed by atoms with Crippen LogP contribution in [0.15, 0.2) is 186 Å². The third kappa shape index (κ3) is 5.09. The molecule has 8 aromatic carbocycles. The largest absolute Gasteiger partial charge is 0.253 e. The lowest BCUT2D eigenvalue weighted by Gasteiger charge is -2.22. The lowest BCUT2D eigenvalue weighted by Crippen LogP contribution is -2.14. The molecule has 10 rings (SSSR count). The van der Waals surface area contributed by atoms with Crippen LogP contribution in [-0.2, 0) is 5.41 Å². The number of benzene rings is 8. The lowest BCUT2D eigenvalue weighted by atomic mass is 9.81. The average molecular weight is 679 g/mol. The maximum absolute atomic E-state index is 5.49. The topological polar surface area (TPSA) is 24.7 Å². The highest BCUT2D eigenvalue weighted by Gasteiger charge is 2.35. The molecule has 2 heteroatoms. The van der Waals surface area contributed by atoms with Crippen LogP contribution < -0.4 is 0 Å². The van der Waals surface area contributed by atoms with Crippen molar-refractivity contribution in [2.45, 2.75) is 31.7 Å². The van der Waals surface area contributed by atoms with Crippen LogP contribution in [-0.4, -0.2) is 11.5 Å². The van der Waals surface area contributed by atoms with Gasteiger partial charge >= 0.3 is 0 Å². The molecule has 0 spiro atoms. The van der Waals surface area contributed by atoms with E-state index in [-0.39, 0.29) is 11.5 Å². The summed E-state index contributed by atoms with van der Waals surface area (Å²) in [5, 5.41) is 7.55. The third-order valence-electron chi connectivity index (χ3n) is 11.5. The molecule has 1 unspecified atom stereocenters. The molecule has 0 fully saturated rings. The van der Waals surface area contributed by atoms with E-state index in [4.69, 9.17) is 9.98 Å². The molecule has 1 aliphatic carbocycles. The van der Waals surface area contributed by atoms with Gasteiger partial charge in [0.05, 0.1) is 11.8 Å². The number of hydrogen-bond acceptors (Lipinski definition) is 2. The summed E-state index contributed by atoms with van der Waals surface area (Å²) < 4.78 is 0. The Balaban J connectivity index is 1.11. The standard InChI is InChI=1S/C51H38N2/c1-32-28-48(33-14-5-4-6-15-33)52-50(37-17-13-16-34(29-37)35-24-27-44-43-22-11-12-23-46(43)51(2,3)47(44)31-35)53-49(32)36-25-26-42-40-20-8-7-18-38(40)39-19-9-10-21-41(39)45(42)30-36/h4-27,29-31,49H,1,28H2,2-3H3. The third-order valence-corrected chi connectivity index (χ3v) is 11.5. The van der Waals surface area contributed by atoms with Gasteiger partial charge in [-0.25, -0.2) is 4.99 Å². The van der Waals surface area contributed by atoms with Gasteiger partial charge in [-0.15, -0.1) is 0 Å². The number of nitrogens with zero attached hydrogens (tertiary/aromatic N) is 2. The van der Waals surface area contributed by atoms with E-state index < -0.39 is 0 Å². The minimum Gasteiger partial charge on any atom is -0.253 e. The number of hydrogen-bond donors (Lipinski definition) is 0. The van der Waals surface area contributed by atoms with Gasteiger partial charge in [0.25, 0.3) is 0 Å². The molecule has 2 aliphatic rings. The lowest BCUT2D eigenvalue weighted by molar-refractivity contribution is 0.660. The molecule has 0 saturated carbocycles. The molecule has 1 atom stereocenters. The molecule has 8 aromatic rings. The van der Waals surface area contributed by atoms with E-state index in [2.05, 4.69) is 184 Å². The van der Waals surface area contributed by atoms with E-state index in [9.17, 15) is 0 Å². The minimum atomic E-state index is -0.257. The first kappa shape index (κ1) is 31.4. The molecule has 1 heterocycles. The van der Waals surface area contributed by atoms with E-state index in [0.29, 0.717) is 6.42 Å². The maximum Gasteiger partial charge on any atom is 0.155 e. The first-order valence-electron chi connectivity index (χ1n) is 18.5. The van der Waals surface area contributed by atoms with Crippen LogP contribution >= 0.6 is 0 Å². The second-order valence-electron chi connectivity index (χ2n) is 15.0. The van der Waals surface area contributed by atoms with Crippen molar-refractivity contribution < 1.29 is 0 Å². The Hall–Kier alpha value is -6.38. The summed E-state index contributed by atoms with van der Waals surface area (Å²) in [5.74, 6) is 0.728. The zero-order valence-corrected chi connectivity index (χ0v) is 30.0. The van der Waals surface area contributed by atoms with Crippen molar-refractivity contribution in [3.05, 3.63) is 204 Å². The van der Waals surface area contributed by atoms with Gasteiger partial charge in [0.2, 0.25) is 0 Å². The Morgan fingerprint density at radius 3 is 1.83 bits per heavy atom. The monoisotopic (exact) mass is 678 g/mol. The van der Waals surface area contributed by atoms with Gasteiger partial charge < -0.3 is 0 Å². The summed E-state index contributed by atoms with van der Waals surface area (Å²) in [4.78, 5) is 10.8. The van der Waals surface area contributed by atoms with E-state index in [0.717, 1.165) is 39.4 Å². The van der Waals surface area contributed by atoms with Gasteiger partial charge in [0, 0.05) is 17.4 Å². The molecule has 0 radical (unpaired) electrons. The van der Waals surface area contributed by atoms with Gasteiger partial charge in [0.1, 0.15) is 0 Å². The molecule has 252 valence electrons. The van der Waals surface area contributed by atoms with Crippen molar-refractivity contribution in [2.24, 2.45) is 9.98 Å². The fourth-order valence-corrected chi connectivity index (χ4v) is 8.79. The van der Waals surface area contributed by atoms with Crippen LogP contribution in [0.4, 0.5) is 0 Å². The highest BCUT2D eigenvalue weighted by atomic mass is 15.0. The van der Waals surface area contributed by atoms with Crippen LogP contribution in [0.3, 0.4) is 0 Å². The molecule has 0 aromatic heterocycles. The van der Waals surface area contributed by atoms with E-state index in [1.54, 1.807) is 0 Å². The van der Waals surface area contributed by atoms with Gasteiger partial charge in [-0.1, -0.05) is 166 Å². The fourth-order valence-electron chi connectivity index (χ4n) is 8.79. The molecule has 0 N–H and O–H groups in total. The predicted octanol–water partition coefficient (Wildman–Crippen LogP) is 13.1. The first-order valence-corrected chi connectivity index (χ1v) is 18.5. The number of amidine groups is 1. The summed E-state index contributed by atoms with van der Waals surface area (Å²) >= 11 is 0. The van der Waals surface area contributed by atoms with Crippen molar-refractivity contribution in [1.82, 2.24) is 0 Å². The number of fused-ring (bicyclic) bond motifs is 9. The summed E-state index contributed by atoms with van der Waals surface area (Å²) in [6, 6.07) is 59.1. The van der Waals surface area contributed by atoms with Gasteiger partial charge in [0.15, 0.2) is 5.84 Å². The van der Waals surface area contributed by atoms with Crippen LogP contribution in [0.1, 0.15) is 54.1 Å². The normalized spacial score (nSPS) is 16.3. The molecule has 0 amide bonds. The number of aliphatic imine (C=N–C) groups is 2.